The highest BCUT2D eigenvalue weighted by Crippen LogP contribution is 2.58. The number of fused-ring (bicyclic) bond motifs is 2. The van der Waals surface area contributed by atoms with Crippen LogP contribution in [0.2, 0.25) is 0 Å². The van der Waals surface area contributed by atoms with Crippen LogP contribution in [0.1, 0.15) is 56.6 Å². The van der Waals surface area contributed by atoms with E-state index in [0.29, 0.717) is 23.8 Å². The molecule has 4 aliphatic heterocycles. The van der Waals surface area contributed by atoms with E-state index < -0.39 is 17.4 Å². The third-order valence-corrected chi connectivity index (χ3v) is 9.03. The largest absolute Gasteiger partial charge is 0.317 e. The zero-order valence-electron chi connectivity index (χ0n) is 21.0. The van der Waals surface area contributed by atoms with Crippen LogP contribution >= 0.6 is 0 Å². The van der Waals surface area contributed by atoms with E-state index in [9.17, 15) is 14.4 Å². The maximum atomic E-state index is 15.4. The molecular weight excluding hydrogens is 461 g/mol. The standard InChI is InChI=1S/C27H36FN5O3/c1-17-14-31(10-11-32(17)15-18-4-8-29-9-5-18)16-19-12-20-23(13-21(19)28)33(26(36)27(20)6-7-27)22-2-3-24(34)30-25(22)35/h12-13,17-18,22,29H,2-11,14-16H2,1H3,(H,30,34,35)/t17-,22?/m0/s1. The first-order valence-corrected chi connectivity index (χ1v) is 13.5. The molecule has 1 saturated carbocycles. The normalized spacial score (nSPS) is 29.1. The summed E-state index contributed by atoms with van der Waals surface area (Å²) < 4.78 is 15.4. The van der Waals surface area contributed by atoms with Gasteiger partial charge >= 0.3 is 0 Å². The van der Waals surface area contributed by atoms with E-state index in [1.807, 2.05) is 6.07 Å². The van der Waals surface area contributed by atoms with Gasteiger partial charge in [0.05, 0.1) is 11.1 Å². The van der Waals surface area contributed by atoms with Gasteiger partial charge in [0, 0.05) is 50.7 Å². The molecule has 2 N–H and O–H groups in total. The summed E-state index contributed by atoms with van der Waals surface area (Å²) in [5, 5.41) is 5.78. The lowest BCUT2D eigenvalue weighted by atomic mass is 9.95. The molecule has 4 heterocycles. The van der Waals surface area contributed by atoms with Gasteiger partial charge in [-0.3, -0.25) is 34.4 Å². The topological polar surface area (TPSA) is 85.0 Å². The number of nitrogens with one attached hydrogen (secondary N) is 2. The van der Waals surface area contributed by atoms with Crippen molar-refractivity contribution in [3.8, 4) is 0 Å². The van der Waals surface area contributed by atoms with Gasteiger partial charge in [0.1, 0.15) is 11.9 Å². The highest BCUT2D eigenvalue weighted by atomic mass is 19.1. The number of nitrogens with zero attached hydrogens (tertiary/aromatic N) is 3. The maximum absolute atomic E-state index is 15.4. The number of amides is 3. The van der Waals surface area contributed by atoms with E-state index in [0.717, 1.165) is 63.6 Å². The zero-order chi connectivity index (χ0) is 25.0. The second kappa shape index (κ2) is 9.19. The van der Waals surface area contributed by atoms with Gasteiger partial charge in [-0.05, 0) is 75.7 Å². The number of piperidine rings is 2. The Morgan fingerprint density at radius 3 is 2.56 bits per heavy atom. The Balaban J connectivity index is 1.17. The SMILES string of the molecule is C[C@H]1CN(Cc2cc3c(cc2F)N(C2CCC(=O)NC2=O)C(=O)C32CC2)CCN1CC1CCNCC1. The lowest BCUT2D eigenvalue weighted by Gasteiger charge is -2.42. The minimum absolute atomic E-state index is 0.122. The summed E-state index contributed by atoms with van der Waals surface area (Å²) in [6, 6.07) is 3.00. The Hall–Kier alpha value is -2.36. The number of anilines is 1. The Kier molecular flexibility index (Phi) is 6.13. The van der Waals surface area contributed by atoms with Gasteiger partial charge in [-0.15, -0.1) is 0 Å². The van der Waals surface area contributed by atoms with Crippen LogP contribution in [0.3, 0.4) is 0 Å². The van der Waals surface area contributed by atoms with Crippen molar-refractivity contribution in [3.63, 3.8) is 0 Å². The third-order valence-electron chi connectivity index (χ3n) is 9.03. The molecule has 1 unspecified atom stereocenters. The molecule has 0 aromatic heterocycles. The first kappa shape index (κ1) is 24.0. The van der Waals surface area contributed by atoms with Crippen LogP contribution in [0.5, 0.6) is 0 Å². The Morgan fingerprint density at radius 2 is 1.86 bits per heavy atom. The van der Waals surface area contributed by atoms with Crippen LogP contribution in [-0.4, -0.2) is 78.9 Å². The van der Waals surface area contributed by atoms with Gasteiger partial charge in [0.2, 0.25) is 17.7 Å². The smallest absolute Gasteiger partial charge is 0.249 e. The van der Waals surface area contributed by atoms with Gasteiger partial charge in [0.15, 0.2) is 0 Å². The second-order valence-corrected chi connectivity index (χ2v) is 11.5. The van der Waals surface area contributed by atoms with Crippen molar-refractivity contribution < 1.29 is 18.8 Å². The Bertz CT molecular complexity index is 1080. The molecule has 1 aromatic carbocycles. The number of carbonyl (C=O) groups excluding carboxylic acids is 3. The molecular formula is C27H36FN5O3. The minimum Gasteiger partial charge on any atom is -0.317 e. The number of piperazine rings is 1. The third kappa shape index (κ3) is 4.15. The molecule has 0 radical (unpaired) electrons. The number of imide groups is 1. The molecule has 36 heavy (non-hydrogen) atoms. The summed E-state index contributed by atoms with van der Waals surface area (Å²) in [7, 11) is 0. The van der Waals surface area contributed by atoms with Crippen molar-refractivity contribution in [2.24, 2.45) is 5.92 Å². The first-order chi connectivity index (χ1) is 17.4. The van der Waals surface area contributed by atoms with E-state index >= 15 is 4.39 Å². The molecule has 1 aromatic rings. The average Bonchev–Trinajstić information content (AvgIpc) is 3.62. The maximum Gasteiger partial charge on any atom is 0.249 e. The van der Waals surface area contributed by atoms with Crippen molar-refractivity contribution in [1.29, 1.82) is 0 Å². The number of hydrogen-bond acceptors (Lipinski definition) is 6. The molecule has 4 fully saturated rings. The monoisotopic (exact) mass is 497 g/mol. The molecule has 8 nitrogen and oxygen atoms in total. The molecule has 0 bridgehead atoms. The van der Waals surface area contributed by atoms with Crippen molar-refractivity contribution in [2.75, 3.05) is 44.2 Å². The van der Waals surface area contributed by atoms with Crippen LogP contribution < -0.4 is 15.5 Å². The molecule has 1 spiro atoms. The summed E-state index contributed by atoms with van der Waals surface area (Å²) in [5.74, 6) is -0.487. The fourth-order valence-corrected chi connectivity index (χ4v) is 6.74. The van der Waals surface area contributed by atoms with E-state index in [4.69, 9.17) is 0 Å². The predicted octanol–water partition coefficient (Wildman–Crippen LogP) is 1.51. The molecule has 6 rings (SSSR count). The van der Waals surface area contributed by atoms with Gasteiger partial charge in [-0.2, -0.15) is 0 Å². The molecule has 5 aliphatic rings. The predicted molar refractivity (Wildman–Crippen MR) is 133 cm³/mol. The fourth-order valence-electron chi connectivity index (χ4n) is 6.74. The van der Waals surface area contributed by atoms with Crippen molar-refractivity contribution in [2.45, 2.75) is 69.5 Å². The van der Waals surface area contributed by atoms with Crippen molar-refractivity contribution >= 4 is 23.4 Å². The lowest BCUT2D eigenvalue weighted by molar-refractivity contribution is -0.135. The molecule has 9 heteroatoms. The van der Waals surface area contributed by atoms with Crippen LogP contribution in [0.25, 0.3) is 0 Å². The Labute approximate surface area is 211 Å². The highest BCUT2D eigenvalue weighted by molar-refractivity contribution is 6.15. The number of carbonyl (C=O) groups is 3. The summed E-state index contributed by atoms with van der Waals surface area (Å²) in [4.78, 5) is 44.0. The van der Waals surface area contributed by atoms with Crippen molar-refractivity contribution in [3.05, 3.63) is 29.1 Å². The van der Waals surface area contributed by atoms with Crippen LogP contribution in [0.4, 0.5) is 10.1 Å². The van der Waals surface area contributed by atoms with Crippen LogP contribution in [0.15, 0.2) is 12.1 Å². The number of rotatable bonds is 5. The summed E-state index contributed by atoms with van der Waals surface area (Å²) in [6.45, 7) is 8.94. The quantitative estimate of drug-likeness (QED) is 0.600. The number of benzene rings is 1. The van der Waals surface area contributed by atoms with E-state index in [2.05, 4.69) is 27.4 Å². The average molecular weight is 498 g/mol. The fraction of sp³-hybridized carbons (Fsp3) is 0.667. The Morgan fingerprint density at radius 1 is 1.08 bits per heavy atom. The first-order valence-electron chi connectivity index (χ1n) is 13.5. The molecule has 3 amide bonds. The minimum atomic E-state index is -0.756. The zero-order valence-corrected chi connectivity index (χ0v) is 21.0. The van der Waals surface area contributed by atoms with E-state index in [1.54, 1.807) is 0 Å². The lowest BCUT2D eigenvalue weighted by Crippen LogP contribution is -2.54. The molecule has 3 saturated heterocycles. The van der Waals surface area contributed by atoms with E-state index in [-0.39, 0.29) is 30.5 Å². The molecule has 194 valence electrons. The summed E-state index contributed by atoms with van der Waals surface area (Å²) >= 11 is 0. The van der Waals surface area contributed by atoms with Gasteiger partial charge in [-0.25, -0.2) is 4.39 Å². The van der Waals surface area contributed by atoms with Crippen LogP contribution in [-0.2, 0) is 26.3 Å². The summed E-state index contributed by atoms with van der Waals surface area (Å²) in [5.41, 5.74) is 1.36. The molecule has 2 atom stereocenters. The number of halogens is 1. The number of hydrogen-bond donors (Lipinski definition) is 2. The highest BCUT2D eigenvalue weighted by Gasteiger charge is 2.61. The van der Waals surface area contributed by atoms with E-state index in [1.165, 1.54) is 23.8 Å². The second-order valence-electron chi connectivity index (χ2n) is 11.5. The van der Waals surface area contributed by atoms with Crippen molar-refractivity contribution in [1.82, 2.24) is 20.4 Å². The summed E-state index contributed by atoms with van der Waals surface area (Å²) in [6.07, 6.45) is 4.38. The van der Waals surface area contributed by atoms with Gasteiger partial charge in [0.25, 0.3) is 0 Å². The molecule has 1 aliphatic carbocycles. The van der Waals surface area contributed by atoms with Crippen LogP contribution in [0, 0.1) is 11.7 Å². The van der Waals surface area contributed by atoms with Gasteiger partial charge in [-0.1, -0.05) is 0 Å². The van der Waals surface area contributed by atoms with Gasteiger partial charge < -0.3 is 5.32 Å².